The van der Waals surface area contributed by atoms with Crippen molar-refractivity contribution in [1.29, 1.82) is 0 Å². The summed E-state index contributed by atoms with van der Waals surface area (Å²) >= 11 is 0. The van der Waals surface area contributed by atoms with Gasteiger partial charge in [0.1, 0.15) is 0 Å². The minimum absolute atomic E-state index is 0.272. The fourth-order valence-electron chi connectivity index (χ4n) is 4.21. The van der Waals surface area contributed by atoms with Gasteiger partial charge in [-0.25, -0.2) is 8.42 Å². The molecule has 2 atom stereocenters. The van der Waals surface area contributed by atoms with E-state index in [-0.39, 0.29) is 10.8 Å². The molecule has 5 heteroatoms. The van der Waals surface area contributed by atoms with Crippen LogP contribution >= 0.6 is 0 Å². The summed E-state index contributed by atoms with van der Waals surface area (Å²) in [6.07, 6.45) is 7.58. The van der Waals surface area contributed by atoms with E-state index in [0.29, 0.717) is 12.0 Å². The van der Waals surface area contributed by atoms with Crippen LogP contribution in [0.5, 0.6) is 0 Å². The summed E-state index contributed by atoms with van der Waals surface area (Å²) in [6.45, 7) is 7.06. The molecule has 0 aromatic carbocycles. The Kier molecular flexibility index (Phi) is 4.53. The second kappa shape index (κ2) is 5.58. The molecule has 0 spiro atoms. The second-order valence-corrected chi connectivity index (χ2v) is 9.40. The van der Waals surface area contributed by atoms with E-state index in [4.69, 9.17) is 5.73 Å². The Morgan fingerprint density at radius 2 is 1.85 bits per heavy atom. The quantitative estimate of drug-likeness (QED) is 0.860. The number of piperidine rings is 1. The largest absolute Gasteiger partial charge is 0.329 e. The third-order valence-corrected chi connectivity index (χ3v) is 7.71. The summed E-state index contributed by atoms with van der Waals surface area (Å²) in [7, 11) is -3.03. The standard InChI is InChI=1S/C15H30N2O2S/c1-4-14(2)8-10-17(11-9-14)15(12-16)7-5-6-13(15)20(3,18)19/h13H,4-12,16H2,1-3H3. The van der Waals surface area contributed by atoms with Crippen molar-refractivity contribution in [3.8, 4) is 0 Å². The van der Waals surface area contributed by atoms with E-state index in [1.165, 1.54) is 12.7 Å². The lowest BCUT2D eigenvalue weighted by Gasteiger charge is -2.49. The normalized spacial score (nSPS) is 35.3. The van der Waals surface area contributed by atoms with E-state index in [1.807, 2.05) is 0 Å². The molecule has 0 amide bonds. The third-order valence-electron chi connectivity index (χ3n) is 6.00. The van der Waals surface area contributed by atoms with Crippen molar-refractivity contribution < 1.29 is 8.42 Å². The Morgan fingerprint density at radius 1 is 1.25 bits per heavy atom. The highest BCUT2D eigenvalue weighted by atomic mass is 32.2. The molecular weight excluding hydrogens is 272 g/mol. The molecule has 1 aliphatic heterocycles. The van der Waals surface area contributed by atoms with Crippen LogP contribution in [0, 0.1) is 5.41 Å². The average Bonchev–Trinajstić information content (AvgIpc) is 2.85. The number of hydrogen-bond donors (Lipinski definition) is 1. The van der Waals surface area contributed by atoms with Crippen LogP contribution in [0.3, 0.4) is 0 Å². The van der Waals surface area contributed by atoms with Crippen LogP contribution in [0.4, 0.5) is 0 Å². The summed E-state index contributed by atoms with van der Waals surface area (Å²) in [6, 6.07) is 0. The van der Waals surface area contributed by atoms with E-state index in [1.54, 1.807) is 0 Å². The number of nitrogens with two attached hydrogens (primary N) is 1. The predicted molar refractivity (Wildman–Crippen MR) is 83.5 cm³/mol. The fraction of sp³-hybridized carbons (Fsp3) is 1.00. The molecule has 0 radical (unpaired) electrons. The van der Waals surface area contributed by atoms with Gasteiger partial charge in [0.2, 0.25) is 0 Å². The Bertz CT molecular complexity index is 441. The van der Waals surface area contributed by atoms with Gasteiger partial charge in [-0.05, 0) is 44.2 Å². The summed E-state index contributed by atoms with van der Waals surface area (Å²) in [5.41, 5.74) is 6.20. The Balaban J connectivity index is 2.20. The van der Waals surface area contributed by atoms with Crippen LogP contribution in [-0.2, 0) is 9.84 Å². The topological polar surface area (TPSA) is 63.4 Å². The van der Waals surface area contributed by atoms with Crippen molar-refractivity contribution in [2.75, 3.05) is 25.9 Å². The molecule has 2 unspecified atom stereocenters. The van der Waals surface area contributed by atoms with Crippen LogP contribution in [0.1, 0.15) is 52.4 Å². The molecule has 118 valence electrons. The molecule has 4 nitrogen and oxygen atoms in total. The molecule has 0 aromatic rings. The Morgan fingerprint density at radius 3 is 2.30 bits per heavy atom. The van der Waals surface area contributed by atoms with Crippen molar-refractivity contribution >= 4 is 9.84 Å². The van der Waals surface area contributed by atoms with Gasteiger partial charge in [-0.2, -0.15) is 0 Å². The molecule has 2 fully saturated rings. The molecule has 1 saturated carbocycles. The van der Waals surface area contributed by atoms with Crippen molar-refractivity contribution in [1.82, 2.24) is 4.90 Å². The third kappa shape index (κ3) is 2.77. The smallest absolute Gasteiger partial charge is 0.152 e. The molecule has 1 aliphatic carbocycles. The lowest BCUT2D eigenvalue weighted by Crippen LogP contribution is -2.62. The molecular formula is C15H30N2O2S. The van der Waals surface area contributed by atoms with Gasteiger partial charge in [0, 0.05) is 18.3 Å². The monoisotopic (exact) mass is 302 g/mol. The molecule has 0 aromatic heterocycles. The average molecular weight is 302 g/mol. The minimum Gasteiger partial charge on any atom is -0.329 e. The van der Waals surface area contributed by atoms with Crippen molar-refractivity contribution in [2.24, 2.45) is 11.1 Å². The zero-order valence-corrected chi connectivity index (χ0v) is 14.0. The summed E-state index contributed by atoms with van der Waals surface area (Å²) in [5, 5.41) is -0.272. The first kappa shape index (κ1) is 16.2. The maximum absolute atomic E-state index is 12.2. The number of rotatable bonds is 4. The zero-order chi connectivity index (χ0) is 15.0. The Labute approximate surface area is 124 Å². The van der Waals surface area contributed by atoms with Crippen LogP contribution in [0.2, 0.25) is 0 Å². The van der Waals surface area contributed by atoms with Gasteiger partial charge in [0.25, 0.3) is 0 Å². The highest BCUT2D eigenvalue weighted by Crippen LogP contribution is 2.43. The van der Waals surface area contributed by atoms with Gasteiger partial charge in [0.05, 0.1) is 5.25 Å². The lowest BCUT2D eigenvalue weighted by atomic mass is 9.76. The van der Waals surface area contributed by atoms with Crippen LogP contribution in [0.25, 0.3) is 0 Å². The molecule has 2 N–H and O–H groups in total. The first-order chi connectivity index (χ1) is 9.27. The first-order valence-corrected chi connectivity index (χ1v) is 9.87. The van der Waals surface area contributed by atoms with Gasteiger partial charge in [-0.3, -0.25) is 4.90 Å². The minimum atomic E-state index is -3.03. The Hall–Kier alpha value is -0.130. The predicted octanol–water partition coefficient (Wildman–Crippen LogP) is 1.79. The molecule has 0 bridgehead atoms. The lowest BCUT2D eigenvalue weighted by molar-refractivity contribution is 0.0298. The summed E-state index contributed by atoms with van der Waals surface area (Å²) in [4.78, 5) is 2.41. The number of hydrogen-bond acceptors (Lipinski definition) is 4. The van der Waals surface area contributed by atoms with Crippen molar-refractivity contribution in [3.63, 3.8) is 0 Å². The number of sulfone groups is 1. The molecule has 2 rings (SSSR count). The maximum Gasteiger partial charge on any atom is 0.152 e. The van der Waals surface area contributed by atoms with E-state index in [0.717, 1.165) is 45.2 Å². The zero-order valence-electron chi connectivity index (χ0n) is 13.2. The van der Waals surface area contributed by atoms with Crippen molar-refractivity contribution in [3.05, 3.63) is 0 Å². The van der Waals surface area contributed by atoms with E-state index in [9.17, 15) is 8.42 Å². The van der Waals surface area contributed by atoms with Crippen LogP contribution in [-0.4, -0.2) is 50.0 Å². The molecule has 1 saturated heterocycles. The van der Waals surface area contributed by atoms with Gasteiger partial charge >= 0.3 is 0 Å². The van der Waals surface area contributed by atoms with Gasteiger partial charge in [-0.1, -0.05) is 26.7 Å². The second-order valence-electron chi connectivity index (χ2n) is 7.17. The van der Waals surface area contributed by atoms with Gasteiger partial charge in [0.15, 0.2) is 9.84 Å². The number of likely N-dealkylation sites (tertiary alicyclic amines) is 1. The summed E-state index contributed by atoms with van der Waals surface area (Å²) < 4.78 is 24.3. The molecule has 1 heterocycles. The first-order valence-electron chi connectivity index (χ1n) is 7.91. The van der Waals surface area contributed by atoms with Crippen molar-refractivity contribution in [2.45, 2.75) is 63.2 Å². The van der Waals surface area contributed by atoms with Gasteiger partial charge < -0.3 is 5.73 Å². The molecule has 20 heavy (non-hydrogen) atoms. The highest BCUT2D eigenvalue weighted by Gasteiger charge is 2.51. The highest BCUT2D eigenvalue weighted by molar-refractivity contribution is 7.91. The van der Waals surface area contributed by atoms with E-state index >= 15 is 0 Å². The van der Waals surface area contributed by atoms with Crippen LogP contribution in [0.15, 0.2) is 0 Å². The molecule has 2 aliphatic rings. The number of nitrogens with zero attached hydrogens (tertiary/aromatic N) is 1. The summed E-state index contributed by atoms with van der Waals surface area (Å²) in [5.74, 6) is 0. The SMILES string of the molecule is CCC1(C)CCN(C2(CN)CCCC2S(C)(=O)=O)CC1. The van der Waals surface area contributed by atoms with E-state index in [2.05, 4.69) is 18.7 Å². The van der Waals surface area contributed by atoms with E-state index < -0.39 is 9.84 Å². The fourth-order valence-corrected chi connectivity index (χ4v) is 5.96. The van der Waals surface area contributed by atoms with Gasteiger partial charge in [-0.15, -0.1) is 0 Å². The maximum atomic E-state index is 12.2. The van der Waals surface area contributed by atoms with Crippen LogP contribution < -0.4 is 5.73 Å².